The summed E-state index contributed by atoms with van der Waals surface area (Å²) in [6, 6.07) is 10.0. The monoisotopic (exact) mass is 634 g/mol. The normalized spacial score (nSPS) is 43.7. The van der Waals surface area contributed by atoms with E-state index in [1.54, 1.807) is 0 Å². The molecule has 0 heterocycles. The Morgan fingerprint density at radius 2 is 1.63 bits per heavy atom. The zero-order valence-corrected chi connectivity index (χ0v) is 29.4. The average Bonchev–Trinajstić information content (AvgIpc) is 3.00. The molecule has 6 nitrogen and oxygen atoms in total. The smallest absolute Gasteiger partial charge is 0.309 e. The van der Waals surface area contributed by atoms with E-state index in [1.807, 2.05) is 43.3 Å². The molecule has 4 fully saturated rings. The lowest BCUT2D eigenvalue weighted by molar-refractivity contribution is -0.213. The van der Waals surface area contributed by atoms with Gasteiger partial charge in [-0.05, 0) is 115 Å². The zero-order chi connectivity index (χ0) is 33.3. The van der Waals surface area contributed by atoms with E-state index in [-0.39, 0.29) is 63.5 Å². The highest BCUT2D eigenvalue weighted by Crippen LogP contribution is 2.75. The predicted molar refractivity (Wildman–Crippen MR) is 179 cm³/mol. The van der Waals surface area contributed by atoms with E-state index in [9.17, 15) is 19.8 Å². The number of carboxylic acids is 1. The molecule has 6 heteroatoms. The molecule has 3 unspecified atom stereocenters. The van der Waals surface area contributed by atoms with Crippen LogP contribution in [0.2, 0.25) is 0 Å². The highest BCUT2D eigenvalue weighted by atomic mass is 16.5. The molecule has 4 saturated carbocycles. The minimum absolute atomic E-state index is 0.0241. The van der Waals surface area contributed by atoms with Gasteiger partial charge in [0.2, 0.25) is 0 Å². The summed E-state index contributed by atoms with van der Waals surface area (Å²) in [4.78, 5) is 27.0. The van der Waals surface area contributed by atoms with Crippen molar-refractivity contribution in [2.45, 2.75) is 125 Å². The molecule has 254 valence electrons. The summed E-state index contributed by atoms with van der Waals surface area (Å²) in [7, 11) is 0. The SMILES string of the molecule is CC1(C)C2CC[C@]3(C)C(C(=O)C=C4[C@H]5C[C@@](C)(C(=O)O)CC[C@]5(C)CC[C@]43C)[C@@]2(C)CC[C@@H]1OCC(CO)OCc1ccccc1. The number of allylic oxidation sites excluding steroid dienone is 2. The van der Waals surface area contributed by atoms with Crippen LogP contribution in [0.25, 0.3) is 0 Å². The van der Waals surface area contributed by atoms with Crippen LogP contribution in [0.15, 0.2) is 42.0 Å². The van der Waals surface area contributed by atoms with Gasteiger partial charge in [0.1, 0.15) is 6.10 Å². The van der Waals surface area contributed by atoms with Gasteiger partial charge in [-0.15, -0.1) is 0 Å². The Labute approximate surface area is 276 Å². The number of carbonyl (C=O) groups is 2. The molecule has 0 bridgehead atoms. The number of hydrogen-bond donors (Lipinski definition) is 2. The Kier molecular flexibility index (Phi) is 8.50. The minimum Gasteiger partial charge on any atom is -0.481 e. The molecule has 0 amide bonds. The van der Waals surface area contributed by atoms with Crippen molar-refractivity contribution in [2.75, 3.05) is 13.2 Å². The van der Waals surface area contributed by atoms with Crippen molar-refractivity contribution in [2.24, 2.45) is 50.2 Å². The van der Waals surface area contributed by atoms with Crippen molar-refractivity contribution in [1.29, 1.82) is 0 Å². The number of rotatable bonds is 8. The molecule has 0 aromatic heterocycles. The number of aliphatic hydroxyl groups is 1. The van der Waals surface area contributed by atoms with Crippen molar-refractivity contribution < 1.29 is 29.3 Å². The molecule has 6 rings (SSSR count). The van der Waals surface area contributed by atoms with Crippen LogP contribution in [0.4, 0.5) is 0 Å². The highest BCUT2D eigenvalue weighted by molar-refractivity contribution is 5.95. The van der Waals surface area contributed by atoms with Gasteiger partial charge < -0.3 is 19.7 Å². The molecule has 0 spiro atoms. The summed E-state index contributed by atoms with van der Waals surface area (Å²) in [6.45, 7) is 16.9. The largest absolute Gasteiger partial charge is 0.481 e. The summed E-state index contributed by atoms with van der Waals surface area (Å²) in [5.74, 6) is -0.0192. The Hall–Kier alpha value is -2.02. The molecule has 0 radical (unpaired) electrons. The molecule has 10 atom stereocenters. The zero-order valence-electron chi connectivity index (χ0n) is 29.4. The number of aliphatic carboxylic acids is 1. The Balaban J connectivity index is 1.23. The van der Waals surface area contributed by atoms with E-state index < -0.39 is 11.4 Å². The summed E-state index contributed by atoms with van der Waals surface area (Å²) in [5, 5.41) is 20.3. The van der Waals surface area contributed by atoms with Gasteiger partial charge in [0.15, 0.2) is 5.78 Å². The second kappa shape index (κ2) is 11.6. The summed E-state index contributed by atoms with van der Waals surface area (Å²) < 4.78 is 12.6. The summed E-state index contributed by atoms with van der Waals surface area (Å²) >= 11 is 0. The van der Waals surface area contributed by atoms with E-state index in [1.165, 1.54) is 5.57 Å². The third-order valence-corrected chi connectivity index (χ3v) is 15.0. The van der Waals surface area contributed by atoms with Gasteiger partial charge in [0.05, 0.1) is 31.3 Å². The molecule has 2 N–H and O–H groups in total. The molecule has 0 saturated heterocycles. The standard InChI is InChI=1S/C40H58O6/c1-35(2)31-13-16-40(7)33(38(31,5)15-14-32(35)46-25-27(23-41)45-24-26-11-9-8-10-12-26)30(42)21-28-29-22-37(4,34(43)44)18-17-36(29,3)19-20-39(28,40)6/h8-12,21,27,29,31-33,41H,13-20,22-25H2,1-7H3,(H,43,44)/t27?,29-,31?,32+,33?,36-,37+,38+,39-,40-/m1/s1. The fraction of sp³-hybridized carbons (Fsp3) is 0.750. The quantitative estimate of drug-likeness (QED) is 0.301. The maximum atomic E-state index is 14.6. The van der Waals surface area contributed by atoms with Crippen LogP contribution < -0.4 is 0 Å². The second-order valence-corrected chi connectivity index (χ2v) is 17.8. The Morgan fingerprint density at radius 1 is 0.935 bits per heavy atom. The lowest BCUT2D eigenvalue weighted by Gasteiger charge is -2.70. The van der Waals surface area contributed by atoms with Gasteiger partial charge >= 0.3 is 5.97 Å². The minimum atomic E-state index is -0.738. The van der Waals surface area contributed by atoms with Crippen molar-refractivity contribution in [3.05, 3.63) is 47.5 Å². The number of carbonyl (C=O) groups excluding carboxylic acids is 1. The first kappa shape index (κ1) is 33.9. The van der Waals surface area contributed by atoms with Gasteiger partial charge in [0.25, 0.3) is 0 Å². The first-order valence-electron chi connectivity index (χ1n) is 17.9. The number of benzene rings is 1. The van der Waals surface area contributed by atoms with Crippen LogP contribution >= 0.6 is 0 Å². The highest BCUT2D eigenvalue weighted by Gasteiger charge is 2.70. The van der Waals surface area contributed by atoms with E-state index in [0.717, 1.165) is 50.5 Å². The second-order valence-electron chi connectivity index (χ2n) is 17.8. The van der Waals surface area contributed by atoms with E-state index >= 15 is 0 Å². The van der Waals surface area contributed by atoms with Crippen molar-refractivity contribution in [3.8, 4) is 0 Å². The fourth-order valence-electron chi connectivity index (χ4n) is 11.8. The van der Waals surface area contributed by atoms with E-state index in [2.05, 4.69) is 41.5 Å². The number of carboxylic acid groups (broad SMARTS) is 1. The maximum absolute atomic E-state index is 14.6. The summed E-state index contributed by atoms with van der Waals surface area (Å²) in [6.07, 6.45) is 9.95. The van der Waals surface area contributed by atoms with Crippen LogP contribution in [0.5, 0.6) is 0 Å². The van der Waals surface area contributed by atoms with Crippen LogP contribution in [0, 0.1) is 50.2 Å². The number of fused-ring (bicyclic) bond motifs is 7. The lowest BCUT2D eigenvalue weighted by Crippen LogP contribution is -2.66. The maximum Gasteiger partial charge on any atom is 0.309 e. The molecule has 1 aromatic rings. The number of aliphatic hydroxyl groups excluding tert-OH is 1. The number of ether oxygens (including phenoxy) is 2. The number of ketones is 1. The van der Waals surface area contributed by atoms with Gasteiger partial charge in [-0.25, -0.2) is 0 Å². The third-order valence-electron chi connectivity index (χ3n) is 15.0. The van der Waals surface area contributed by atoms with Gasteiger partial charge in [-0.2, -0.15) is 0 Å². The first-order valence-corrected chi connectivity index (χ1v) is 17.9. The van der Waals surface area contributed by atoms with Crippen LogP contribution in [-0.2, 0) is 25.7 Å². The van der Waals surface area contributed by atoms with Crippen molar-refractivity contribution in [1.82, 2.24) is 0 Å². The molecule has 5 aliphatic rings. The molecule has 46 heavy (non-hydrogen) atoms. The van der Waals surface area contributed by atoms with E-state index in [0.29, 0.717) is 32.0 Å². The van der Waals surface area contributed by atoms with Gasteiger partial charge in [0, 0.05) is 5.92 Å². The average molecular weight is 635 g/mol. The fourth-order valence-corrected chi connectivity index (χ4v) is 11.8. The van der Waals surface area contributed by atoms with Crippen molar-refractivity contribution >= 4 is 11.8 Å². The first-order chi connectivity index (χ1) is 21.5. The topological polar surface area (TPSA) is 93.1 Å². The van der Waals surface area contributed by atoms with Gasteiger partial charge in [-0.3, -0.25) is 9.59 Å². The van der Waals surface area contributed by atoms with Crippen molar-refractivity contribution in [3.63, 3.8) is 0 Å². The molecular formula is C40H58O6. The van der Waals surface area contributed by atoms with Crippen LogP contribution in [0.1, 0.15) is 112 Å². The molecule has 5 aliphatic carbocycles. The van der Waals surface area contributed by atoms with Crippen LogP contribution in [-0.4, -0.2) is 47.4 Å². The third kappa shape index (κ3) is 5.06. The lowest BCUT2D eigenvalue weighted by atomic mass is 9.33. The molecular weight excluding hydrogens is 576 g/mol. The molecule has 1 aromatic carbocycles. The molecule has 0 aliphatic heterocycles. The Bertz CT molecular complexity index is 1370. The number of hydrogen-bond acceptors (Lipinski definition) is 5. The Morgan fingerprint density at radius 3 is 2.30 bits per heavy atom. The van der Waals surface area contributed by atoms with Gasteiger partial charge in [-0.1, -0.05) is 77.4 Å². The van der Waals surface area contributed by atoms with Crippen LogP contribution in [0.3, 0.4) is 0 Å². The predicted octanol–water partition coefficient (Wildman–Crippen LogP) is 8.01. The van der Waals surface area contributed by atoms with E-state index in [4.69, 9.17) is 9.47 Å². The summed E-state index contributed by atoms with van der Waals surface area (Å²) in [5.41, 5.74) is 1.07.